The average molecular weight is 278 g/mol. The van der Waals surface area contributed by atoms with Gasteiger partial charge in [-0.3, -0.25) is 4.98 Å². The first-order chi connectivity index (χ1) is 9.54. The lowest BCUT2D eigenvalue weighted by atomic mass is 9.91. The lowest BCUT2D eigenvalue weighted by Crippen LogP contribution is -2.35. The number of ether oxygens (including phenoxy) is 1. The summed E-state index contributed by atoms with van der Waals surface area (Å²) in [7, 11) is 1.74. The van der Waals surface area contributed by atoms with Crippen LogP contribution in [-0.4, -0.2) is 24.7 Å². The number of nitrogens with zero attached hydrogens (tertiary/aromatic N) is 1. The first-order valence-electron chi connectivity index (χ1n) is 7.77. The molecule has 1 N–H and O–H groups in total. The molecule has 0 saturated carbocycles. The van der Waals surface area contributed by atoms with E-state index in [1.807, 2.05) is 13.1 Å². The Balaban J connectivity index is 2.85. The van der Waals surface area contributed by atoms with Crippen LogP contribution in [0.15, 0.2) is 6.20 Å². The second-order valence-corrected chi connectivity index (χ2v) is 5.66. The van der Waals surface area contributed by atoms with Crippen LogP contribution in [0.5, 0.6) is 5.75 Å². The summed E-state index contributed by atoms with van der Waals surface area (Å²) in [6.45, 7) is 12.0. The van der Waals surface area contributed by atoms with Crippen molar-refractivity contribution >= 4 is 0 Å². The number of nitrogens with one attached hydrogen (secondary N) is 1. The zero-order valence-electron chi connectivity index (χ0n) is 13.9. The summed E-state index contributed by atoms with van der Waals surface area (Å²) in [5.41, 5.74) is 3.47. The molecule has 0 aliphatic rings. The molecule has 0 aromatic carbocycles. The Morgan fingerprint density at radius 2 is 2.00 bits per heavy atom. The van der Waals surface area contributed by atoms with Crippen LogP contribution in [-0.2, 0) is 6.42 Å². The number of aryl methyl sites for hydroxylation is 1. The highest BCUT2D eigenvalue weighted by Gasteiger charge is 2.18. The smallest absolute Gasteiger partial charge is 0.128 e. The van der Waals surface area contributed by atoms with Crippen molar-refractivity contribution < 1.29 is 4.74 Å². The van der Waals surface area contributed by atoms with Gasteiger partial charge in [0.05, 0.1) is 7.11 Å². The lowest BCUT2D eigenvalue weighted by Gasteiger charge is -2.24. The number of methoxy groups -OCH3 is 1. The first kappa shape index (κ1) is 17.0. The SMILES string of the molecule is CCCNC(C)C(CC)Cc1ncc(C)c(OC)c1C. The van der Waals surface area contributed by atoms with E-state index in [9.17, 15) is 0 Å². The Kier molecular flexibility index (Phi) is 7.00. The van der Waals surface area contributed by atoms with E-state index in [1.165, 1.54) is 17.7 Å². The van der Waals surface area contributed by atoms with Gasteiger partial charge in [-0.15, -0.1) is 0 Å². The molecule has 0 bridgehead atoms. The normalized spacial score (nSPS) is 14.1. The molecule has 0 spiro atoms. The highest BCUT2D eigenvalue weighted by Crippen LogP contribution is 2.26. The Morgan fingerprint density at radius 3 is 2.55 bits per heavy atom. The van der Waals surface area contributed by atoms with Gasteiger partial charge in [-0.1, -0.05) is 20.3 Å². The van der Waals surface area contributed by atoms with Crippen LogP contribution in [0.25, 0.3) is 0 Å². The van der Waals surface area contributed by atoms with Crippen LogP contribution in [0.2, 0.25) is 0 Å². The van der Waals surface area contributed by atoms with Crippen molar-refractivity contribution in [3.63, 3.8) is 0 Å². The monoisotopic (exact) mass is 278 g/mol. The second-order valence-electron chi connectivity index (χ2n) is 5.66. The van der Waals surface area contributed by atoms with Gasteiger partial charge in [-0.05, 0) is 46.1 Å². The van der Waals surface area contributed by atoms with E-state index in [1.54, 1.807) is 7.11 Å². The molecule has 3 nitrogen and oxygen atoms in total. The van der Waals surface area contributed by atoms with E-state index >= 15 is 0 Å². The van der Waals surface area contributed by atoms with Gasteiger partial charge in [0.25, 0.3) is 0 Å². The molecular formula is C17H30N2O. The molecule has 1 aromatic heterocycles. The Hall–Kier alpha value is -1.09. The zero-order chi connectivity index (χ0) is 15.1. The largest absolute Gasteiger partial charge is 0.496 e. The van der Waals surface area contributed by atoms with E-state index in [0.29, 0.717) is 12.0 Å². The quantitative estimate of drug-likeness (QED) is 0.788. The van der Waals surface area contributed by atoms with E-state index in [2.05, 4.69) is 38.0 Å². The predicted octanol–water partition coefficient (Wildman–Crippen LogP) is 3.66. The van der Waals surface area contributed by atoms with Gasteiger partial charge >= 0.3 is 0 Å². The number of pyridine rings is 1. The van der Waals surface area contributed by atoms with Crippen LogP contribution in [0.4, 0.5) is 0 Å². The van der Waals surface area contributed by atoms with Gasteiger partial charge in [0, 0.05) is 29.1 Å². The molecule has 20 heavy (non-hydrogen) atoms. The van der Waals surface area contributed by atoms with Crippen LogP contribution in [0.1, 0.15) is 50.4 Å². The molecular weight excluding hydrogens is 248 g/mol. The van der Waals surface area contributed by atoms with Crippen molar-refractivity contribution in [3.8, 4) is 5.75 Å². The molecule has 2 atom stereocenters. The van der Waals surface area contributed by atoms with Crippen LogP contribution in [0, 0.1) is 19.8 Å². The van der Waals surface area contributed by atoms with Gasteiger partial charge in [0.1, 0.15) is 5.75 Å². The molecule has 2 unspecified atom stereocenters. The third-order valence-corrected chi connectivity index (χ3v) is 4.15. The molecule has 1 rings (SSSR count). The molecule has 114 valence electrons. The van der Waals surface area contributed by atoms with Gasteiger partial charge in [0.15, 0.2) is 0 Å². The Labute approximate surface area is 124 Å². The van der Waals surface area contributed by atoms with E-state index < -0.39 is 0 Å². The lowest BCUT2D eigenvalue weighted by molar-refractivity contribution is 0.357. The van der Waals surface area contributed by atoms with Gasteiger partial charge in [-0.2, -0.15) is 0 Å². The number of hydrogen-bond donors (Lipinski definition) is 1. The highest BCUT2D eigenvalue weighted by molar-refractivity contribution is 5.41. The van der Waals surface area contributed by atoms with Crippen LogP contribution >= 0.6 is 0 Å². The molecule has 0 amide bonds. The van der Waals surface area contributed by atoms with Crippen molar-refractivity contribution in [1.29, 1.82) is 0 Å². The summed E-state index contributed by atoms with van der Waals surface area (Å²) in [5, 5.41) is 3.60. The third kappa shape index (κ3) is 4.20. The molecule has 1 aromatic rings. The molecule has 3 heteroatoms. The summed E-state index contributed by atoms with van der Waals surface area (Å²) in [4.78, 5) is 4.63. The highest BCUT2D eigenvalue weighted by atomic mass is 16.5. The number of rotatable bonds is 8. The minimum absolute atomic E-state index is 0.522. The number of hydrogen-bond acceptors (Lipinski definition) is 3. The molecule has 0 radical (unpaired) electrons. The first-order valence-corrected chi connectivity index (χ1v) is 7.77. The summed E-state index contributed by atoms with van der Waals surface area (Å²) in [6.07, 6.45) is 5.28. The fraction of sp³-hybridized carbons (Fsp3) is 0.706. The van der Waals surface area contributed by atoms with Crippen molar-refractivity contribution in [2.75, 3.05) is 13.7 Å². The Morgan fingerprint density at radius 1 is 1.30 bits per heavy atom. The summed E-state index contributed by atoms with van der Waals surface area (Å²) in [6, 6.07) is 0.522. The zero-order valence-corrected chi connectivity index (χ0v) is 13.9. The maximum atomic E-state index is 5.50. The predicted molar refractivity (Wildman–Crippen MR) is 85.5 cm³/mol. The van der Waals surface area contributed by atoms with Crippen LogP contribution < -0.4 is 10.1 Å². The third-order valence-electron chi connectivity index (χ3n) is 4.15. The maximum absolute atomic E-state index is 5.50. The Bertz CT molecular complexity index is 418. The van der Waals surface area contributed by atoms with Crippen molar-refractivity contribution in [1.82, 2.24) is 10.3 Å². The minimum atomic E-state index is 0.522. The molecule has 0 saturated heterocycles. The molecule has 1 heterocycles. The second kappa shape index (κ2) is 8.25. The summed E-state index contributed by atoms with van der Waals surface area (Å²) in [5.74, 6) is 1.60. The van der Waals surface area contributed by atoms with Gasteiger partial charge in [-0.25, -0.2) is 0 Å². The van der Waals surface area contributed by atoms with Gasteiger partial charge in [0.2, 0.25) is 0 Å². The average Bonchev–Trinajstić information content (AvgIpc) is 2.44. The molecule has 0 aliphatic heterocycles. The van der Waals surface area contributed by atoms with E-state index in [-0.39, 0.29) is 0 Å². The number of aromatic nitrogens is 1. The van der Waals surface area contributed by atoms with E-state index in [4.69, 9.17) is 4.74 Å². The minimum Gasteiger partial charge on any atom is -0.496 e. The fourth-order valence-corrected chi connectivity index (χ4v) is 2.74. The van der Waals surface area contributed by atoms with Crippen molar-refractivity contribution in [2.45, 2.75) is 59.9 Å². The molecule has 0 fully saturated rings. The van der Waals surface area contributed by atoms with Crippen LogP contribution in [0.3, 0.4) is 0 Å². The fourth-order valence-electron chi connectivity index (χ4n) is 2.74. The molecule has 0 aliphatic carbocycles. The standard InChI is InChI=1S/C17H30N2O/c1-7-9-18-14(5)15(8-2)10-16-13(4)17(20-6)12(3)11-19-16/h11,14-15,18H,7-10H2,1-6H3. The van der Waals surface area contributed by atoms with Crippen molar-refractivity contribution in [3.05, 3.63) is 23.0 Å². The maximum Gasteiger partial charge on any atom is 0.128 e. The summed E-state index contributed by atoms with van der Waals surface area (Å²) < 4.78 is 5.50. The van der Waals surface area contributed by atoms with Crippen molar-refractivity contribution in [2.24, 2.45) is 5.92 Å². The topological polar surface area (TPSA) is 34.2 Å². The van der Waals surface area contributed by atoms with E-state index in [0.717, 1.165) is 30.7 Å². The van der Waals surface area contributed by atoms with Gasteiger partial charge < -0.3 is 10.1 Å². The summed E-state index contributed by atoms with van der Waals surface area (Å²) >= 11 is 0.